The Kier molecular flexibility index (Phi) is 5.53. The fourth-order valence-corrected chi connectivity index (χ4v) is 4.20. The lowest BCUT2D eigenvalue weighted by atomic mass is 9.97. The monoisotopic (exact) mass is 410 g/mol. The number of imide groups is 1. The van der Waals surface area contributed by atoms with Crippen LogP contribution in [0.2, 0.25) is 0 Å². The number of hydrogen-bond donors (Lipinski definition) is 0. The van der Waals surface area contributed by atoms with Crippen molar-refractivity contribution in [2.75, 3.05) is 27.3 Å². The molecular formula is C23H26N2O5. The van der Waals surface area contributed by atoms with Gasteiger partial charge in [-0.25, -0.2) is 0 Å². The molecule has 2 aliphatic rings. The molecule has 0 radical (unpaired) electrons. The second-order valence-electron chi connectivity index (χ2n) is 7.76. The summed E-state index contributed by atoms with van der Waals surface area (Å²) >= 11 is 0. The van der Waals surface area contributed by atoms with Crippen LogP contribution in [-0.2, 0) is 16.1 Å². The molecular weight excluding hydrogens is 384 g/mol. The standard InChI is InChI=1S/C23H26N2O5/c1-15-6-4-10-24(13-15)21-20(16-8-9-18(28-2)19(12-16)29-3)22(26)25(23(21)27)14-17-7-5-11-30-17/h5,7-9,11-12,15H,4,6,10,13-14H2,1-3H3. The van der Waals surface area contributed by atoms with Gasteiger partial charge in [0.2, 0.25) is 0 Å². The van der Waals surface area contributed by atoms with Crippen molar-refractivity contribution in [3.63, 3.8) is 0 Å². The number of amides is 2. The van der Waals surface area contributed by atoms with Gasteiger partial charge in [0, 0.05) is 13.1 Å². The van der Waals surface area contributed by atoms with Crippen LogP contribution in [0.15, 0.2) is 46.7 Å². The topological polar surface area (TPSA) is 72.2 Å². The van der Waals surface area contributed by atoms with Gasteiger partial charge in [-0.05, 0) is 48.6 Å². The second kappa shape index (κ2) is 8.26. The van der Waals surface area contributed by atoms with Crippen molar-refractivity contribution in [1.29, 1.82) is 0 Å². The van der Waals surface area contributed by atoms with E-state index in [1.165, 1.54) is 11.2 Å². The molecule has 30 heavy (non-hydrogen) atoms. The predicted octanol–water partition coefficient (Wildman–Crippen LogP) is 3.31. The maximum absolute atomic E-state index is 13.4. The molecule has 3 heterocycles. The summed E-state index contributed by atoms with van der Waals surface area (Å²) in [5.41, 5.74) is 1.51. The molecule has 4 rings (SSSR count). The lowest BCUT2D eigenvalue weighted by molar-refractivity contribution is -0.138. The molecule has 2 aliphatic heterocycles. The summed E-state index contributed by atoms with van der Waals surface area (Å²) in [6, 6.07) is 8.81. The van der Waals surface area contributed by atoms with Crippen LogP contribution in [0.4, 0.5) is 0 Å². The van der Waals surface area contributed by atoms with Crippen molar-refractivity contribution >= 4 is 17.4 Å². The maximum atomic E-state index is 13.4. The minimum Gasteiger partial charge on any atom is -0.493 e. The smallest absolute Gasteiger partial charge is 0.278 e. The van der Waals surface area contributed by atoms with Crippen molar-refractivity contribution in [2.45, 2.75) is 26.3 Å². The molecule has 1 aromatic heterocycles. The Bertz CT molecular complexity index is 979. The van der Waals surface area contributed by atoms with E-state index in [4.69, 9.17) is 13.9 Å². The van der Waals surface area contributed by atoms with E-state index >= 15 is 0 Å². The van der Waals surface area contributed by atoms with Gasteiger partial charge in [-0.1, -0.05) is 13.0 Å². The number of carbonyl (C=O) groups excluding carboxylic acids is 2. The van der Waals surface area contributed by atoms with Gasteiger partial charge in [0.1, 0.15) is 11.5 Å². The molecule has 2 aromatic rings. The summed E-state index contributed by atoms with van der Waals surface area (Å²) in [6.07, 6.45) is 3.65. The van der Waals surface area contributed by atoms with E-state index in [0.29, 0.717) is 40.0 Å². The van der Waals surface area contributed by atoms with Crippen LogP contribution in [0.1, 0.15) is 31.1 Å². The normalized spacial score (nSPS) is 19.6. The van der Waals surface area contributed by atoms with Crippen molar-refractivity contribution in [3.05, 3.63) is 53.6 Å². The molecule has 7 heteroatoms. The molecule has 158 valence electrons. The summed E-state index contributed by atoms with van der Waals surface area (Å²) in [7, 11) is 3.11. The molecule has 0 saturated carbocycles. The Morgan fingerprint density at radius 2 is 1.90 bits per heavy atom. The summed E-state index contributed by atoms with van der Waals surface area (Å²) in [5, 5.41) is 0. The van der Waals surface area contributed by atoms with E-state index in [1.54, 1.807) is 44.6 Å². The van der Waals surface area contributed by atoms with E-state index in [1.807, 2.05) is 0 Å². The number of ether oxygens (including phenoxy) is 2. The molecule has 2 amide bonds. The Morgan fingerprint density at radius 1 is 1.10 bits per heavy atom. The maximum Gasteiger partial charge on any atom is 0.278 e. The molecule has 0 N–H and O–H groups in total. The zero-order valence-electron chi connectivity index (χ0n) is 17.5. The lowest BCUT2D eigenvalue weighted by Gasteiger charge is -2.33. The fourth-order valence-electron chi connectivity index (χ4n) is 4.20. The predicted molar refractivity (Wildman–Crippen MR) is 111 cm³/mol. The molecule has 0 spiro atoms. The quantitative estimate of drug-likeness (QED) is 0.681. The average Bonchev–Trinajstić information content (AvgIpc) is 3.35. The number of methoxy groups -OCH3 is 2. The van der Waals surface area contributed by atoms with Gasteiger partial charge < -0.3 is 18.8 Å². The van der Waals surface area contributed by atoms with Gasteiger partial charge >= 0.3 is 0 Å². The van der Waals surface area contributed by atoms with Crippen molar-refractivity contribution in [1.82, 2.24) is 9.80 Å². The Morgan fingerprint density at radius 3 is 2.57 bits per heavy atom. The van der Waals surface area contributed by atoms with Crippen LogP contribution in [-0.4, -0.2) is 48.9 Å². The Balaban J connectivity index is 1.78. The first-order chi connectivity index (χ1) is 14.5. The van der Waals surface area contributed by atoms with Gasteiger partial charge in [-0.15, -0.1) is 0 Å². The molecule has 1 unspecified atom stereocenters. The Hall–Kier alpha value is -3.22. The molecule has 1 fully saturated rings. The SMILES string of the molecule is COc1ccc(C2=C(N3CCCC(C)C3)C(=O)N(Cc3ccco3)C2=O)cc1OC. The third-order valence-electron chi connectivity index (χ3n) is 5.68. The molecule has 1 atom stereocenters. The first-order valence-electron chi connectivity index (χ1n) is 10.1. The second-order valence-corrected chi connectivity index (χ2v) is 7.76. The minimum absolute atomic E-state index is 0.106. The van der Waals surface area contributed by atoms with Gasteiger partial charge in [0.05, 0.1) is 32.6 Å². The molecule has 0 aliphatic carbocycles. The lowest BCUT2D eigenvalue weighted by Crippen LogP contribution is -2.39. The van der Waals surface area contributed by atoms with Crippen LogP contribution in [0, 0.1) is 5.92 Å². The van der Waals surface area contributed by atoms with Gasteiger partial charge in [-0.2, -0.15) is 0 Å². The molecule has 1 aromatic carbocycles. The van der Waals surface area contributed by atoms with Crippen LogP contribution in [0.25, 0.3) is 5.57 Å². The van der Waals surface area contributed by atoms with Crippen molar-refractivity contribution in [2.24, 2.45) is 5.92 Å². The third-order valence-corrected chi connectivity index (χ3v) is 5.68. The highest BCUT2D eigenvalue weighted by Crippen LogP contribution is 2.38. The van der Waals surface area contributed by atoms with Crippen LogP contribution in [0.3, 0.4) is 0 Å². The largest absolute Gasteiger partial charge is 0.493 e. The van der Waals surface area contributed by atoms with E-state index in [-0.39, 0.29) is 18.4 Å². The van der Waals surface area contributed by atoms with Gasteiger partial charge in [0.25, 0.3) is 11.8 Å². The van der Waals surface area contributed by atoms with Crippen molar-refractivity contribution < 1.29 is 23.5 Å². The average molecular weight is 410 g/mol. The number of carbonyl (C=O) groups is 2. The summed E-state index contributed by atoms with van der Waals surface area (Å²) in [5.74, 6) is 1.50. The first-order valence-corrected chi connectivity index (χ1v) is 10.1. The fraction of sp³-hybridized carbons (Fsp3) is 0.391. The van der Waals surface area contributed by atoms with E-state index in [9.17, 15) is 9.59 Å². The molecule has 0 bridgehead atoms. The minimum atomic E-state index is -0.322. The summed E-state index contributed by atoms with van der Waals surface area (Å²) in [4.78, 5) is 30.2. The van der Waals surface area contributed by atoms with Crippen molar-refractivity contribution in [3.8, 4) is 11.5 Å². The van der Waals surface area contributed by atoms with E-state index < -0.39 is 0 Å². The van der Waals surface area contributed by atoms with Crippen LogP contribution in [0.5, 0.6) is 11.5 Å². The molecule has 1 saturated heterocycles. The number of nitrogens with zero attached hydrogens (tertiary/aromatic N) is 2. The summed E-state index contributed by atoms with van der Waals surface area (Å²) in [6.45, 7) is 3.78. The summed E-state index contributed by atoms with van der Waals surface area (Å²) < 4.78 is 16.1. The number of furan rings is 1. The number of hydrogen-bond acceptors (Lipinski definition) is 6. The zero-order chi connectivity index (χ0) is 21.3. The number of likely N-dealkylation sites (tertiary alicyclic amines) is 1. The van der Waals surface area contributed by atoms with Crippen LogP contribution >= 0.6 is 0 Å². The number of rotatable bonds is 6. The van der Waals surface area contributed by atoms with E-state index in [0.717, 1.165) is 25.9 Å². The highest BCUT2D eigenvalue weighted by molar-refractivity contribution is 6.35. The first kappa shape index (κ1) is 20.1. The molecule has 7 nitrogen and oxygen atoms in total. The van der Waals surface area contributed by atoms with Gasteiger partial charge in [0.15, 0.2) is 11.5 Å². The zero-order valence-corrected chi connectivity index (χ0v) is 17.5. The van der Waals surface area contributed by atoms with E-state index in [2.05, 4.69) is 11.8 Å². The number of piperidine rings is 1. The third kappa shape index (κ3) is 3.56. The highest BCUT2D eigenvalue weighted by Gasteiger charge is 2.42. The highest BCUT2D eigenvalue weighted by atomic mass is 16.5. The van der Waals surface area contributed by atoms with Crippen LogP contribution < -0.4 is 9.47 Å². The number of benzene rings is 1. The van der Waals surface area contributed by atoms with Gasteiger partial charge in [-0.3, -0.25) is 14.5 Å². The Labute approximate surface area is 175 Å².